The Morgan fingerprint density at radius 2 is 0.870 bits per heavy atom. The molecule has 8 aromatic carbocycles. The van der Waals surface area contributed by atoms with Gasteiger partial charge in [-0.1, -0.05) is 127 Å². The maximum atomic E-state index is 3.58. The van der Waals surface area contributed by atoms with Gasteiger partial charge in [0.15, 0.2) is 0 Å². The number of nitrogens with one attached hydrogen (secondary N) is 1. The second kappa shape index (κ2) is 10.8. The SMILES string of the molecule is c1ccc2cc(-c3ccc(Nc4ccc(-c5ccc6c7ccccc7n(-c7cccc8ccccc78)c6c5)cc4)cc3)ccc2c1. The van der Waals surface area contributed by atoms with E-state index in [1.165, 1.54) is 71.3 Å². The molecule has 1 heterocycles. The van der Waals surface area contributed by atoms with E-state index in [0.29, 0.717) is 0 Å². The molecule has 46 heavy (non-hydrogen) atoms. The van der Waals surface area contributed by atoms with Crippen molar-refractivity contribution in [1.29, 1.82) is 0 Å². The Bertz CT molecular complexity index is 2530. The minimum Gasteiger partial charge on any atom is -0.356 e. The number of hydrogen-bond acceptors (Lipinski definition) is 1. The van der Waals surface area contributed by atoms with Gasteiger partial charge in [0, 0.05) is 27.5 Å². The summed E-state index contributed by atoms with van der Waals surface area (Å²) in [6.07, 6.45) is 0. The number of aromatic nitrogens is 1. The van der Waals surface area contributed by atoms with E-state index in [2.05, 4.69) is 186 Å². The van der Waals surface area contributed by atoms with E-state index >= 15 is 0 Å². The van der Waals surface area contributed by atoms with Gasteiger partial charge in [0.05, 0.1) is 16.7 Å². The zero-order chi connectivity index (χ0) is 30.5. The summed E-state index contributed by atoms with van der Waals surface area (Å²) in [6, 6.07) is 63.4. The highest BCUT2D eigenvalue weighted by Gasteiger charge is 2.15. The van der Waals surface area contributed by atoms with Crippen LogP contribution < -0.4 is 5.32 Å². The Morgan fingerprint density at radius 1 is 0.326 bits per heavy atom. The summed E-state index contributed by atoms with van der Waals surface area (Å²) in [5.41, 5.74) is 10.6. The summed E-state index contributed by atoms with van der Waals surface area (Å²) in [6.45, 7) is 0. The fourth-order valence-electron chi connectivity index (χ4n) is 6.84. The lowest BCUT2D eigenvalue weighted by atomic mass is 10.0. The van der Waals surface area contributed by atoms with Crippen LogP contribution in [-0.2, 0) is 0 Å². The molecule has 0 aliphatic heterocycles. The van der Waals surface area contributed by atoms with Crippen LogP contribution in [0, 0.1) is 0 Å². The first-order valence-electron chi connectivity index (χ1n) is 15.8. The molecule has 1 N–H and O–H groups in total. The Kier molecular flexibility index (Phi) is 6.17. The van der Waals surface area contributed by atoms with Gasteiger partial charge in [-0.25, -0.2) is 0 Å². The van der Waals surface area contributed by atoms with Gasteiger partial charge in [0.25, 0.3) is 0 Å². The molecule has 0 bridgehead atoms. The van der Waals surface area contributed by atoms with Gasteiger partial charge < -0.3 is 9.88 Å². The van der Waals surface area contributed by atoms with Crippen LogP contribution in [0.15, 0.2) is 176 Å². The van der Waals surface area contributed by atoms with E-state index < -0.39 is 0 Å². The second-order valence-corrected chi connectivity index (χ2v) is 11.9. The van der Waals surface area contributed by atoms with E-state index in [1.807, 2.05) is 0 Å². The molecule has 0 radical (unpaired) electrons. The quantitative estimate of drug-likeness (QED) is 0.212. The second-order valence-electron chi connectivity index (χ2n) is 11.9. The fourth-order valence-corrected chi connectivity index (χ4v) is 6.84. The average molecular weight is 587 g/mol. The van der Waals surface area contributed by atoms with Crippen molar-refractivity contribution in [3.05, 3.63) is 176 Å². The molecule has 0 saturated carbocycles. The zero-order valence-electron chi connectivity index (χ0n) is 25.2. The van der Waals surface area contributed by atoms with Crippen LogP contribution in [0.5, 0.6) is 0 Å². The lowest BCUT2D eigenvalue weighted by molar-refractivity contribution is 1.20. The summed E-state index contributed by atoms with van der Waals surface area (Å²) in [7, 11) is 0. The number of nitrogens with zero attached hydrogens (tertiary/aromatic N) is 1. The van der Waals surface area contributed by atoms with Gasteiger partial charge in [-0.2, -0.15) is 0 Å². The van der Waals surface area contributed by atoms with Crippen LogP contribution in [0.3, 0.4) is 0 Å². The third-order valence-corrected chi connectivity index (χ3v) is 9.16. The van der Waals surface area contributed by atoms with Crippen molar-refractivity contribution < 1.29 is 0 Å². The van der Waals surface area contributed by atoms with Gasteiger partial charge in [0.2, 0.25) is 0 Å². The average Bonchev–Trinajstić information content (AvgIpc) is 3.45. The molecular weight excluding hydrogens is 556 g/mol. The number of para-hydroxylation sites is 1. The lowest BCUT2D eigenvalue weighted by Crippen LogP contribution is -1.95. The number of fused-ring (bicyclic) bond motifs is 5. The maximum Gasteiger partial charge on any atom is 0.0547 e. The van der Waals surface area contributed by atoms with Gasteiger partial charge in [-0.05, 0) is 86.9 Å². The van der Waals surface area contributed by atoms with E-state index in [4.69, 9.17) is 0 Å². The van der Waals surface area contributed by atoms with Crippen LogP contribution in [-0.4, -0.2) is 4.57 Å². The van der Waals surface area contributed by atoms with Crippen LogP contribution in [0.4, 0.5) is 11.4 Å². The highest BCUT2D eigenvalue weighted by Crippen LogP contribution is 2.37. The standard InChI is InChI=1S/C44H30N2/c1-2-10-34-28-35(17-16-30(34)8-1)31-18-23-37(24-19-31)45-38-25-20-32(21-26-38)36-22-27-41-40-13-5-6-14-43(40)46(44(41)29-36)42-15-7-11-33-9-3-4-12-39(33)42/h1-29,45H. The van der Waals surface area contributed by atoms with Crippen LogP contribution in [0.2, 0.25) is 0 Å². The molecule has 0 atom stereocenters. The molecule has 0 saturated heterocycles. The first-order valence-corrected chi connectivity index (χ1v) is 15.8. The van der Waals surface area contributed by atoms with Gasteiger partial charge in [-0.15, -0.1) is 0 Å². The smallest absolute Gasteiger partial charge is 0.0547 e. The molecule has 0 spiro atoms. The predicted octanol–water partition coefficient (Wildman–Crippen LogP) is 12.2. The third-order valence-electron chi connectivity index (χ3n) is 9.16. The van der Waals surface area contributed by atoms with Crippen LogP contribution >= 0.6 is 0 Å². The van der Waals surface area contributed by atoms with Crippen molar-refractivity contribution in [3.8, 4) is 27.9 Å². The van der Waals surface area contributed by atoms with E-state index in [9.17, 15) is 0 Å². The highest BCUT2D eigenvalue weighted by molar-refractivity contribution is 6.11. The number of benzene rings is 8. The molecule has 0 unspecified atom stereocenters. The van der Waals surface area contributed by atoms with Crippen molar-refractivity contribution in [2.75, 3.05) is 5.32 Å². The Labute approximate surface area is 267 Å². The summed E-state index contributed by atoms with van der Waals surface area (Å²) in [4.78, 5) is 0. The Morgan fingerprint density at radius 3 is 1.63 bits per heavy atom. The highest BCUT2D eigenvalue weighted by atomic mass is 15.0. The molecule has 2 nitrogen and oxygen atoms in total. The largest absolute Gasteiger partial charge is 0.356 e. The molecule has 0 aliphatic rings. The molecule has 2 heteroatoms. The molecule has 216 valence electrons. The van der Waals surface area contributed by atoms with Crippen molar-refractivity contribution in [2.24, 2.45) is 0 Å². The summed E-state index contributed by atoms with van der Waals surface area (Å²) in [5, 5.41) is 11.1. The van der Waals surface area contributed by atoms with Crippen LogP contribution in [0.1, 0.15) is 0 Å². The van der Waals surface area contributed by atoms with E-state index in [-0.39, 0.29) is 0 Å². The molecule has 0 fully saturated rings. The van der Waals surface area contributed by atoms with E-state index in [1.54, 1.807) is 0 Å². The van der Waals surface area contributed by atoms with Crippen LogP contribution in [0.25, 0.3) is 71.3 Å². The molecule has 0 amide bonds. The van der Waals surface area contributed by atoms with Gasteiger partial charge >= 0.3 is 0 Å². The zero-order valence-corrected chi connectivity index (χ0v) is 25.2. The maximum absolute atomic E-state index is 3.58. The third kappa shape index (κ3) is 4.51. The monoisotopic (exact) mass is 586 g/mol. The van der Waals surface area contributed by atoms with Crippen molar-refractivity contribution in [3.63, 3.8) is 0 Å². The molecule has 0 aliphatic carbocycles. The van der Waals surface area contributed by atoms with Crippen molar-refractivity contribution >= 4 is 54.7 Å². The molecule has 1 aromatic heterocycles. The number of hydrogen-bond donors (Lipinski definition) is 1. The summed E-state index contributed by atoms with van der Waals surface area (Å²) in [5.74, 6) is 0. The summed E-state index contributed by atoms with van der Waals surface area (Å²) >= 11 is 0. The Balaban J connectivity index is 1.03. The topological polar surface area (TPSA) is 17.0 Å². The number of rotatable bonds is 5. The molecular formula is C44H30N2. The van der Waals surface area contributed by atoms with Gasteiger partial charge in [-0.3, -0.25) is 0 Å². The fraction of sp³-hybridized carbons (Fsp3) is 0. The minimum absolute atomic E-state index is 1.06. The van der Waals surface area contributed by atoms with Gasteiger partial charge in [0.1, 0.15) is 0 Å². The lowest BCUT2D eigenvalue weighted by Gasteiger charge is -2.12. The normalized spacial score (nSPS) is 11.5. The predicted molar refractivity (Wildman–Crippen MR) is 196 cm³/mol. The number of anilines is 2. The molecule has 9 rings (SSSR count). The molecule has 9 aromatic rings. The Hall–Kier alpha value is -6.12. The van der Waals surface area contributed by atoms with E-state index in [0.717, 1.165) is 11.4 Å². The minimum atomic E-state index is 1.06. The summed E-state index contributed by atoms with van der Waals surface area (Å²) < 4.78 is 2.42. The van der Waals surface area contributed by atoms with Crippen molar-refractivity contribution in [2.45, 2.75) is 0 Å². The van der Waals surface area contributed by atoms with Crippen molar-refractivity contribution in [1.82, 2.24) is 4.57 Å². The first kappa shape index (κ1) is 26.3. The first-order chi connectivity index (χ1) is 22.8.